The van der Waals surface area contributed by atoms with Gasteiger partial charge in [-0.3, -0.25) is 9.69 Å². The molecular weight excluding hydrogens is 440 g/mol. The zero-order valence-electron chi connectivity index (χ0n) is 14.5. The lowest BCUT2D eigenvalue weighted by atomic mass is 10.2. The minimum absolute atomic E-state index is 0.259. The Kier molecular flexibility index (Phi) is 4.26. The van der Waals surface area contributed by atoms with E-state index in [-0.39, 0.29) is 18.2 Å². The maximum Gasteiger partial charge on any atom is 0.296 e. The molecule has 0 radical (unpaired) electrons. The van der Waals surface area contributed by atoms with Crippen LogP contribution in [0.25, 0.3) is 21.2 Å². The number of anilines is 1. The number of fused-ring (bicyclic) bond motifs is 2. The molecule has 138 valence electrons. The topological polar surface area (TPSA) is 59.5 Å². The molecule has 0 saturated carbocycles. The van der Waals surface area contributed by atoms with Gasteiger partial charge >= 0.3 is 0 Å². The van der Waals surface area contributed by atoms with Gasteiger partial charge in [-0.1, -0.05) is 45.5 Å². The van der Waals surface area contributed by atoms with E-state index in [1.54, 1.807) is 23.3 Å². The van der Waals surface area contributed by atoms with Crippen molar-refractivity contribution in [3.63, 3.8) is 0 Å². The highest BCUT2D eigenvalue weighted by Gasteiger charge is 2.25. The van der Waals surface area contributed by atoms with Gasteiger partial charge < -0.3 is 8.83 Å². The van der Waals surface area contributed by atoms with Crippen molar-refractivity contribution in [1.29, 1.82) is 0 Å². The first kappa shape index (κ1) is 17.2. The molecule has 0 bridgehead atoms. The molecule has 2 aromatic carbocycles. The fraction of sp³-hybridized carbons (Fsp3) is 0.0476. The predicted octanol–water partition coefficient (Wildman–Crippen LogP) is 6.25. The summed E-state index contributed by atoms with van der Waals surface area (Å²) in [5.74, 6) is 0.684. The summed E-state index contributed by atoms with van der Waals surface area (Å²) < 4.78 is 13.2. The van der Waals surface area contributed by atoms with Crippen LogP contribution in [0.2, 0.25) is 0 Å². The summed E-state index contributed by atoms with van der Waals surface area (Å²) in [6, 6.07) is 18.8. The van der Waals surface area contributed by atoms with Gasteiger partial charge in [-0.05, 0) is 42.5 Å². The van der Waals surface area contributed by atoms with E-state index in [9.17, 15) is 4.79 Å². The number of hydrogen-bond acceptors (Lipinski definition) is 5. The second kappa shape index (κ2) is 6.92. The van der Waals surface area contributed by atoms with Gasteiger partial charge in [0.1, 0.15) is 11.3 Å². The minimum atomic E-state index is -0.259. The summed E-state index contributed by atoms with van der Waals surface area (Å²) in [7, 11) is 0. The Morgan fingerprint density at radius 3 is 2.82 bits per heavy atom. The molecule has 0 spiro atoms. The van der Waals surface area contributed by atoms with Crippen LogP contribution >= 0.6 is 27.3 Å². The summed E-state index contributed by atoms with van der Waals surface area (Å²) >= 11 is 4.93. The van der Waals surface area contributed by atoms with Crippen molar-refractivity contribution >= 4 is 59.5 Å². The molecule has 3 heterocycles. The van der Waals surface area contributed by atoms with E-state index in [1.807, 2.05) is 48.5 Å². The number of para-hydroxylation sites is 1. The maximum absolute atomic E-state index is 13.3. The van der Waals surface area contributed by atoms with Gasteiger partial charge in [0.15, 0.2) is 10.9 Å². The van der Waals surface area contributed by atoms with E-state index in [4.69, 9.17) is 8.83 Å². The number of carbonyl (C=O) groups excluding carboxylic acids is 1. The van der Waals surface area contributed by atoms with Gasteiger partial charge in [0.25, 0.3) is 5.91 Å². The molecule has 5 rings (SSSR count). The number of hydrogen-bond donors (Lipinski definition) is 0. The molecule has 0 aliphatic heterocycles. The first-order chi connectivity index (χ1) is 13.7. The van der Waals surface area contributed by atoms with Crippen molar-refractivity contribution < 1.29 is 13.6 Å². The Hall–Kier alpha value is -2.90. The molecule has 0 unspecified atom stereocenters. The second-order valence-corrected chi connectivity index (χ2v) is 8.15. The van der Waals surface area contributed by atoms with Gasteiger partial charge in [0.05, 0.1) is 23.0 Å². The van der Waals surface area contributed by atoms with Crippen LogP contribution in [-0.2, 0) is 6.54 Å². The van der Waals surface area contributed by atoms with Crippen molar-refractivity contribution in [2.75, 3.05) is 4.90 Å². The molecule has 28 heavy (non-hydrogen) atoms. The van der Waals surface area contributed by atoms with Crippen LogP contribution in [0.3, 0.4) is 0 Å². The lowest BCUT2D eigenvalue weighted by Gasteiger charge is -2.17. The van der Waals surface area contributed by atoms with E-state index in [0.717, 1.165) is 20.1 Å². The highest BCUT2D eigenvalue weighted by atomic mass is 79.9. The lowest BCUT2D eigenvalue weighted by molar-refractivity contribution is 0.0958. The summed E-state index contributed by atoms with van der Waals surface area (Å²) in [6.45, 7) is 0.268. The van der Waals surface area contributed by atoms with Gasteiger partial charge in [-0.15, -0.1) is 0 Å². The lowest BCUT2D eigenvalue weighted by Crippen LogP contribution is -2.29. The van der Waals surface area contributed by atoms with Gasteiger partial charge in [0.2, 0.25) is 0 Å². The zero-order valence-corrected chi connectivity index (χ0v) is 16.9. The van der Waals surface area contributed by atoms with E-state index >= 15 is 0 Å². The number of benzene rings is 2. The smallest absolute Gasteiger partial charge is 0.296 e. The number of thiazole rings is 1. The van der Waals surface area contributed by atoms with E-state index in [0.29, 0.717) is 16.5 Å². The first-order valence-corrected chi connectivity index (χ1v) is 10.2. The minimum Gasteiger partial charge on any atom is -0.467 e. The van der Waals surface area contributed by atoms with Gasteiger partial charge in [-0.2, -0.15) is 0 Å². The van der Waals surface area contributed by atoms with Crippen LogP contribution < -0.4 is 4.90 Å². The number of rotatable bonds is 4. The first-order valence-electron chi connectivity index (χ1n) is 8.56. The standard InChI is InChI=1S/C21H13BrN2O3S/c22-14-7-8-16-19(11-14)28-21(23-16)24(12-15-5-3-9-26-15)20(25)18-10-13-4-1-2-6-17(13)27-18/h1-11H,12H2. The second-order valence-electron chi connectivity index (χ2n) is 6.23. The number of amides is 1. The number of aromatic nitrogens is 1. The molecule has 0 fully saturated rings. The normalized spacial score (nSPS) is 11.3. The molecule has 0 saturated heterocycles. The molecular formula is C21H13BrN2O3S. The van der Waals surface area contributed by atoms with Crippen LogP contribution in [-0.4, -0.2) is 10.9 Å². The van der Waals surface area contributed by atoms with Crippen molar-refractivity contribution in [2.24, 2.45) is 0 Å². The van der Waals surface area contributed by atoms with Crippen molar-refractivity contribution in [3.8, 4) is 0 Å². The van der Waals surface area contributed by atoms with E-state index in [1.165, 1.54) is 11.3 Å². The fourth-order valence-corrected chi connectivity index (χ4v) is 4.52. The molecule has 1 amide bonds. The van der Waals surface area contributed by atoms with Crippen LogP contribution in [0.5, 0.6) is 0 Å². The third kappa shape index (κ3) is 3.12. The Balaban J connectivity index is 1.59. The SMILES string of the molecule is O=C(c1cc2ccccc2o1)N(Cc1ccco1)c1nc2ccc(Br)cc2s1. The molecule has 7 heteroatoms. The van der Waals surface area contributed by atoms with Crippen LogP contribution in [0.4, 0.5) is 5.13 Å². The zero-order chi connectivity index (χ0) is 19.1. The number of nitrogens with zero attached hydrogens (tertiary/aromatic N) is 2. The monoisotopic (exact) mass is 452 g/mol. The van der Waals surface area contributed by atoms with Crippen LogP contribution in [0.15, 0.2) is 80.2 Å². The van der Waals surface area contributed by atoms with Crippen LogP contribution in [0, 0.1) is 0 Å². The number of halogens is 1. The Morgan fingerprint density at radius 2 is 2.00 bits per heavy atom. The molecule has 3 aromatic heterocycles. The maximum atomic E-state index is 13.3. The molecule has 5 nitrogen and oxygen atoms in total. The van der Waals surface area contributed by atoms with Crippen molar-refractivity contribution in [2.45, 2.75) is 6.54 Å². The van der Waals surface area contributed by atoms with E-state index < -0.39 is 0 Å². The predicted molar refractivity (Wildman–Crippen MR) is 113 cm³/mol. The molecule has 0 aliphatic carbocycles. The van der Waals surface area contributed by atoms with Crippen molar-refractivity contribution in [3.05, 3.63) is 82.9 Å². The molecule has 0 aliphatic rings. The van der Waals surface area contributed by atoms with Gasteiger partial charge in [0, 0.05) is 9.86 Å². The number of carbonyl (C=O) groups is 1. The highest BCUT2D eigenvalue weighted by Crippen LogP contribution is 2.33. The molecule has 0 N–H and O–H groups in total. The summed E-state index contributed by atoms with van der Waals surface area (Å²) in [5.41, 5.74) is 1.52. The largest absolute Gasteiger partial charge is 0.467 e. The quantitative estimate of drug-likeness (QED) is 0.323. The number of furan rings is 2. The summed E-state index contributed by atoms with van der Waals surface area (Å²) in [4.78, 5) is 19.6. The van der Waals surface area contributed by atoms with Crippen molar-refractivity contribution in [1.82, 2.24) is 4.98 Å². The van der Waals surface area contributed by atoms with E-state index in [2.05, 4.69) is 20.9 Å². The molecule has 5 aromatic rings. The Bertz CT molecular complexity index is 1260. The Morgan fingerprint density at radius 1 is 1.11 bits per heavy atom. The third-order valence-electron chi connectivity index (χ3n) is 4.35. The highest BCUT2D eigenvalue weighted by molar-refractivity contribution is 9.10. The third-order valence-corrected chi connectivity index (χ3v) is 5.88. The Labute approximate surface area is 172 Å². The fourth-order valence-electron chi connectivity index (χ4n) is 3.01. The average Bonchev–Trinajstić information content (AvgIpc) is 3.43. The van der Waals surface area contributed by atoms with Gasteiger partial charge in [-0.25, -0.2) is 4.98 Å². The average molecular weight is 453 g/mol. The molecule has 0 atom stereocenters. The summed E-state index contributed by atoms with van der Waals surface area (Å²) in [5, 5.41) is 1.48. The summed E-state index contributed by atoms with van der Waals surface area (Å²) in [6.07, 6.45) is 1.59. The van der Waals surface area contributed by atoms with Crippen LogP contribution in [0.1, 0.15) is 16.3 Å².